The molecule has 11 heteroatoms. The molecule has 1 aliphatic heterocycles. The second-order valence-corrected chi connectivity index (χ2v) is 10.9. The van der Waals surface area contributed by atoms with E-state index in [2.05, 4.69) is 0 Å². The molecule has 4 amide bonds. The molecule has 0 atom stereocenters. The Morgan fingerprint density at radius 1 is 0.675 bits per heavy atom. The summed E-state index contributed by atoms with van der Waals surface area (Å²) < 4.78 is 30.5. The van der Waals surface area contributed by atoms with Gasteiger partial charge in [-0.15, -0.1) is 0 Å². The number of hydrogen-bond acceptors (Lipinski definition) is 6. The summed E-state index contributed by atoms with van der Waals surface area (Å²) in [6, 6.07) is 25.1. The first-order valence-corrected chi connectivity index (χ1v) is 13.9. The maximum atomic E-state index is 13.5. The second-order valence-electron chi connectivity index (χ2n) is 8.47. The van der Waals surface area contributed by atoms with Crippen LogP contribution in [0.4, 0.5) is 16.2 Å². The molecule has 0 spiro atoms. The van der Waals surface area contributed by atoms with Crippen LogP contribution in [0.1, 0.15) is 5.56 Å². The molecule has 0 aliphatic carbocycles. The Morgan fingerprint density at radius 2 is 1.20 bits per heavy atom. The van der Waals surface area contributed by atoms with E-state index in [-0.39, 0.29) is 32.6 Å². The number of nitrogens with zero attached hydrogens (tertiary/aromatic N) is 2. The van der Waals surface area contributed by atoms with Gasteiger partial charge in [0.2, 0.25) is 0 Å². The first-order chi connectivity index (χ1) is 19.2. The van der Waals surface area contributed by atoms with Crippen molar-refractivity contribution in [1.82, 2.24) is 0 Å². The molecule has 4 aromatic carbocycles. The fourth-order valence-corrected chi connectivity index (χ4v) is 5.29. The minimum atomic E-state index is -4.21. The molecular weight excluding hydrogens is 575 g/mol. The van der Waals surface area contributed by atoms with Crippen molar-refractivity contribution in [2.24, 2.45) is 0 Å². The number of anilines is 2. The molecule has 1 heterocycles. The van der Waals surface area contributed by atoms with Gasteiger partial charge in [-0.1, -0.05) is 65.7 Å². The number of hydrogen-bond donors (Lipinski definition) is 0. The van der Waals surface area contributed by atoms with E-state index >= 15 is 0 Å². The average Bonchev–Trinajstić information content (AvgIpc) is 2.94. The van der Waals surface area contributed by atoms with E-state index in [0.29, 0.717) is 10.6 Å². The van der Waals surface area contributed by atoms with E-state index in [4.69, 9.17) is 27.4 Å². The molecule has 0 N–H and O–H groups in total. The minimum Gasteiger partial charge on any atom is -0.377 e. The summed E-state index contributed by atoms with van der Waals surface area (Å²) in [5, 5.41) is 0.276. The van der Waals surface area contributed by atoms with Crippen LogP contribution in [0.3, 0.4) is 0 Å². The predicted molar refractivity (Wildman–Crippen MR) is 152 cm³/mol. The van der Waals surface area contributed by atoms with E-state index in [1.807, 2.05) is 0 Å². The molecule has 0 radical (unpaired) electrons. The third-order valence-corrected chi connectivity index (χ3v) is 7.64. The van der Waals surface area contributed by atoms with Crippen LogP contribution in [0, 0.1) is 0 Å². The van der Waals surface area contributed by atoms with E-state index in [1.165, 1.54) is 48.5 Å². The quantitative estimate of drug-likeness (QED) is 0.147. The van der Waals surface area contributed by atoms with Crippen molar-refractivity contribution in [2.75, 3.05) is 9.80 Å². The Balaban J connectivity index is 1.51. The normalized spacial score (nSPS) is 13.9. The zero-order chi connectivity index (χ0) is 28.4. The fraction of sp³-hybridized carbons (Fsp3) is 0. The first kappa shape index (κ1) is 27.1. The lowest BCUT2D eigenvalue weighted by molar-refractivity contribution is -0.121. The molecule has 1 fully saturated rings. The number of carbonyl (C=O) groups is 3. The van der Waals surface area contributed by atoms with E-state index in [0.717, 1.165) is 9.80 Å². The van der Waals surface area contributed by atoms with Gasteiger partial charge in [-0.05, 0) is 72.3 Å². The maximum Gasteiger partial charge on any atom is 0.343 e. The van der Waals surface area contributed by atoms with Crippen LogP contribution in [0.15, 0.2) is 114 Å². The lowest BCUT2D eigenvalue weighted by atomic mass is 10.0. The molecule has 1 aliphatic rings. The van der Waals surface area contributed by atoms with Gasteiger partial charge >= 0.3 is 16.1 Å². The van der Waals surface area contributed by atoms with Crippen molar-refractivity contribution < 1.29 is 27.0 Å². The van der Waals surface area contributed by atoms with E-state index in [1.54, 1.807) is 60.7 Å². The van der Waals surface area contributed by atoms with Gasteiger partial charge in [0.05, 0.1) is 16.4 Å². The monoisotopic (exact) mass is 592 g/mol. The molecule has 0 aromatic heterocycles. The van der Waals surface area contributed by atoms with Gasteiger partial charge in [0.1, 0.15) is 10.5 Å². The van der Waals surface area contributed by atoms with Crippen LogP contribution < -0.4 is 14.0 Å². The van der Waals surface area contributed by atoms with Gasteiger partial charge in [0.25, 0.3) is 11.8 Å². The van der Waals surface area contributed by atoms with Gasteiger partial charge in [-0.3, -0.25) is 9.59 Å². The number of imide groups is 2. The Hall–Kier alpha value is -4.44. The zero-order valence-electron chi connectivity index (χ0n) is 20.4. The van der Waals surface area contributed by atoms with Crippen LogP contribution in [0.2, 0.25) is 10.0 Å². The third-order valence-electron chi connectivity index (χ3n) is 5.85. The highest BCUT2D eigenvalue weighted by Gasteiger charge is 2.43. The highest BCUT2D eigenvalue weighted by Crippen LogP contribution is 2.32. The summed E-state index contributed by atoms with van der Waals surface area (Å²) in [5.74, 6) is -1.81. The fourth-order valence-electron chi connectivity index (χ4n) is 3.95. The molecule has 5 rings (SSSR count). The van der Waals surface area contributed by atoms with Crippen LogP contribution in [-0.2, 0) is 19.7 Å². The van der Waals surface area contributed by atoms with Gasteiger partial charge < -0.3 is 4.18 Å². The lowest BCUT2D eigenvalue weighted by Gasteiger charge is -2.33. The molecule has 8 nitrogen and oxygen atoms in total. The van der Waals surface area contributed by atoms with Crippen LogP contribution in [0.5, 0.6) is 5.75 Å². The number of carbonyl (C=O) groups excluding carboxylic acids is 3. The minimum absolute atomic E-state index is 0.0847. The highest BCUT2D eigenvalue weighted by atomic mass is 35.5. The zero-order valence-corrected chi connectivity index (χ0v) is 22.7. The van der Waals surface area contributed by atoms with Gasteiger partial charge in [-0.2, -0.15) is 8.42 Å². The summed E-state index contributed by atoms with van der Waals surface area (Å²) in [4.78, 5) is 42.1. The highest BCUT2D eigenvalue weighted by molar-refractivity contribution is 7.87. The second kappa shape index (κ2) is 11.0. The van der Waals surface area contributed by atoms with Crippen molar-refractivity contribution in [3.8, 4) is 5.75 Å². The Kier molecular flexibility index (Phi) is 7.44. The number of rotatable bonds is 6. The Bertz CT molecular complexity index is 1700. The molecule has 0 unspecified atom stereocenters. The molecule has 40 heavy (non-hydrogen) atoms. The molecule has 200 valence electrons. The van der Waals surface area contributed by atoms with Crippen LogP contribution >= 0.6 is 23.2 Å². The average molecular weight is 593 g/mol. The number of benzene rings is 4. The van der Waals surface area contributed by atoms with Crippen LogP contribution in [0.25, 0.3) is 6.08 Å². The molecule has 1 saturated heterocycles. The Labute approximate surface area is 239 Å². The van der Waals surface area contributed by atoms with E-state index in [9.17, 15) is 22.8 Å². The smallest absolute Gasteiger partial charge is 0.343 e. The lowest BCUT2D eigenvalue weighted by Crippen LogP contribution is -2.57. The van der Waals surface area contributed by atoms with Crippen molar-refractivity contribution in [2.45, 2.75) is 4.90 Å². The summed E-state index contributed by atoms with van der Waals surface area (Å²) in [6.45, 7) is 0. The number of para-hydroxylation sites is 2. The molecule has 0 bridgehead atoms. The number of amides is 4. The van der Waals surface area contributed by atoms with Gasteiger partial charge in [0.15, 0.2) is 5.75 Å². The summed E-state index contributed by atoms with van der Waals surface area (Å²) >= 11 is 12.2. The molecule has 0 saturated carbocycles. The first-order valence-electron chi connectivity index (χ1n) is 11.7. The number of barbiturate groups is 1. The predicted octanol–water partition coefficient (Wildman–Crippen LogP) is 6.34. The largest absolute Gasteiger partial charge is 0.377 e. The summed E-state index contributed by atoms with van der Waals surface area (Å²) in [7, 11) is -4.21. The standard InChI is InChI=1S/C29H18Cl2N2O6S/c30-20-12-14-23(15-13-20)40(37,38)39-26-16-11-19(18-25(26)31)17-24-27(34)32(21-7-3-1-4-8-21)29(36)33(28(24)35)22-9-5-2-6-10-22/h1-18H. The van der Waals surface area contributed by atoms with Gasteiger partial charge in [-0.25, -0.2) is 14.6 Å². The van der Waals surface area contributed by atoms with Crippen LogP contribution in [-0.4, -0.2) is 26.3 Å². The van der Waals surface area contributed by atoms with Crippen molar-refractivity contribution in [1.29, 1.82) is 0 Å². The topological polar surface area (TPSA) is 101 Å². The summed E-state index contributed by atoms with van der Waals surface area (Å²) in [6.07, 6.45) is 1.28. The van der Waals surface area contributed by atoms with Crippen molar-refractivity contribution in [3.05, 3.63) is 124 Å². The van der Waals surface area contributed by atoms with Crippen molar-refractivity contribution in [3.63, 3.8) is 0 Å². The number of halogens is 2. The SMILES string of the molecule is O=C1C(=Cc2ccc(OS(=O)(=O)c3ccc(Cl)cc3)c(Cl)c2)C(=O)N(c2ccccc2)C(=O)N1c1ccccc1. The summed E-state index contributed by atoms with van der Waals surface area (Å²) in [5.41, 5.74) is 0.566. The maximum absolute atomic E-state index is 13.5. The molecule has 4 aromatic rings. The van der Waals surface area contributed by atoms with Gasteiger partial charge in [0, 0.05) is 5.02 Å². The third kappa shape index (κ3) is 5.35. The van der Waals surface area contributed by atoms with Crippen molar-refractivity contribution >= 4 is 68.6 Å². The van der Waals surface area contributed by atoms with E-state index < -0.39 is 28.0 Å². The Morgan fingerprint density at radius 3 is 1.70 bits per heavy atom. The molecular formula is C29H18Cl2N2O6S. The number of urea groups is 1.